The first-order chi connectivity index (χ1) is 15.6. The number of rotatable bonds is 8. The number of nitrogens with zero attached hydrogens (tertiary/aromatic N) is 2. The SMILES string of the molecule is Cc1nc(COc2cccc(/C=C/C(=O)Nc3ccc(Oc4ccncc4)cc3)c2)cs1. The first kappa shape index (κ1) is 21.3. The summed E-state index contributed by atoms with van der Waals surface area (Å²) in [5.41, 5.74) is 2.45. The molecule has 0 aliphatic rings. The fourth-order valence-corrected chi connectivity index (χ4v) is 3.44. The van der Waals surface area contributed by atoms with Gasteiger partial charge in [-0.15, -0.1) is 11.3 Å². The summed E-state index contributed by atoms with van der Waals surface area (Å²) >= 11 is 1.60. The molecule has 0 spiro atoms. The molecular formula is C25H21N3O3S. The molecule has 1 N–H and O–H groups in total. The minimum absolute atomic E-state index is 0.225. The van der Waals surface area contributed by atoms with Crippen molar-refractivity contribution in [2.75, 3.05) is 5.32 Å². The molecule has 2 heterocycles. The van der Waals surface area contributed by atoms with Gasteiger partial charge in [-0.1, -0.05) is 12.1 Å². The molecule has 6 nitrogen and oxygen atoms in total. The van der Waals surface area contributed by atoms with Gasteiger partial charge in [0.15, 0.2) is 0 Å². The van der Waals surface area contributed by atoms with Crippen LogP contribution in [-0.2, 0) is 11.4 Å². The highest BCUT2D eigenvalue weighted by atomic mass is 32.1. The Morgan fingerprint density at radius 3 is 2.56 bits per heavy atom. The number of carbonyl (C=O) groups is 1. The Hall–Kier alpha value is -3.97. The topological polar surface area (TPSA) is 73.3 Å². The molecule has 32 heavy (non-hydrogen) atoms. The van der Waals surface area contributed by atoms with Crippen LogP contribution in [-0.4, -0.2) is 15.9 Å². The molecule has 7 heteroatoms. The van der Waals surface area contributed by atoms with E-state index < -0.39 is 0 Å². The second-order valence-corrected chi connectivity index (χ2v) is 7.91. The van der Waals surface area contributed by atoms with Crippen LogP contribution >= 0.6 is 11.3 Å². The van der Waals surface area contributed by atoms with Crippen molar-refractivity contribution in [3.8, 4) is 17.2 Å². The number of ether oxygens (including phenoxy) is 2. The minimum Gasteiger partial charge on any atom is -0.487 e. The first-order valence-corrected chi connectivity index (χ1v) is 10.8. The first-order valence-electron chi connectivity index (χ1n) is 9.95. The van der Waals surface area contributed by atoms with Crippen LogP contribution in [0.15, 0.2) is 84.5 Å². The van der Waals surface area contributed by atoms with E-state index >= 15 is 0 Å². The number of hydrogen-bond acceptors (Lipinski definition) is 6. The van der Waals surface area contributed by atoms with Crippen molar-refractivity contribution in [3.05, 3.63) is 101 Å². The number of thiazole rings is 1. The van der Waals surface area contributed by atoms with E-state index in [9.17, 15) is 4.79 Å². The molecule has 2 aromatic heterocycles. The molecule has 4 aromatic rings. The van der Waals surface area contributed by atoms with Gasteiger partial charge in [0.1, 0.15) is 23.9 Å². The predicted octanol–water partition coefficient (Wildman–Crippen LogP) is 5.87. The molecule has 0 aliphatic heterocycles. The number of hydrogen-bond donors (Lipinski definition) is 1. The Bertz CT molecular complexity index is 1200. The van der Waals surface area contributed by atoms with Crippen molar-refractivity contribution in [1.29, 1.82) is 0 Å². The summed E-state index contributed by atoms with van der Waals surface area (Å²) in [5, 5.41) is 5.84. The van der Waals surface area contributed by atoms with E-state index in [-0.39, 0.29) is 5.91 Å². The van der Waals surface area contributed by atoms with Crippen LogP contribution < -0.4 is 14.8 Å². The van der Waals surface area contributed by atoms with Crippen molar-refractivity contribution in [2.45, 2.75) is 13.5 Å². The fraction of sp³-hybridized carbons (Fsp3) is 0.0800. The largest absolute Gasteiger partial charge is 0.487 e. The molecule has 1 amide bonds. The van der Waals surface area contributed by atoms with E-state index in [1.165, 1.54) is 6.08 Å². The van der Waals surface area contributed by atoms with Crippen LogP contribution in [0.4, 0.5) is 5.69 Å². The monoisotopic (exact) mass is 443 g/mol. The number of amides is 1. The molecule has 0 radical (unpaired) electrons. The van der Waals surface area contributed by atoms with Crippen LogP contribution in [0.5, 0.6) is 17.2 Å². The van der Waals surface area contributed by atoms with Crippen LogP contribution in [0.25, 0.3) is 6.08 Å². The summed E-state index contributed by atoms with van der Waals surface area (Å²) in [6.45, 7) is 2.38. The molecular weight excluding hydrogens is 422 g/mol. The highest BCUT2D eigenvalue weighted by molar-refractivity contribution is 7.09. The van der Waals surface area contributed by atoms with Crippen LogP contribution in [0.3, 0.4) is 0 Å². The average Bonchev–Trinajstić information content (AvgIpc) is 3.24. The van der Waals surface area contributed by atoms with Crippen LogP contribution in [0.2, 0.25) is 0 Å². The summed E-state index contributed by atoms with van der Waals surface area (Å²) < 4.78 is 11.5. The van der Waals surface area contributed by atoms with Crippen LogP contribution in [0, 0.1) is 6.92 Å². The Labute approximate surface area is 190 Å². The van der Waals surface area contributed by atoms with Gasteiger partial charge in [-0.25, -0.2) is 4.98 Å². The zero-order valence-corrected chi connectivity index (χ0v) is 18.2. The average molecular weight is 444 g/mol. The van der Waals surface area contributed by atoms with Gasteiger partial charge in [-0.05, 0) is 67.1 Å². The van der Waals surface area contributed by atoms with E-state index in [2.05, 4.69) is 15.3 Å². The lowest BCUT2D eigenvalue weighted by Gasteiger charge is -2.07. The highest BCUT2D eigenvalue weighted by Gasteiger charge is 2.02. The Balaban J connectivity index is 1.30. The summed E-state index contributed by atoms with van der Waals surface area (Å²) in [6.07, 6.45) is 6.57. The summed E-state index contributed by atoms with van der Waals surface area (Å²) in [4.78, 5) is 20.6. The lowest BCUT2D eigenvalue weighted by Crippen LogP contribution is -2.07. The highest BCUT2D eigenvalue weighted by Crippen LogP contribution is 2.22. The van der Waals surface area contributed by atoms with Gasteiger partial charge >= 0.3 is 0 Å². The van der Waals surface area contributed by atoms with Crippen LogP contribution in [0.1, 0.15) is 16.3 Å². The molecule has 0 atom stereocenters. The van der Waals surface area contributed by atoms with E-state index in [1.54, 1.807) is 66.2 Å². The minimum atomic E-state index is -0.225. The molecule has 4 rings (SSSR count). The second kappa shape index (κ2) is 10.4. The lowest BCUT2D eigenvalue weighted by molar-refractivity contribution is -0.111. The summed E-state index contributed by atoms with van der Waals surface area (Å²) in [6, 6.07) is 18.3. The zero-order valence-electron chi connectivity index (χ0n) is 17.4. The van der Waals surface area contributed by atoms with Gasteiger partial charge < -0.3 is 14.8 Å². The van der Waals surface area contributed by atoms with Gasteiger partial charge in [0.25, 0.3) is 0 Å². The fourth-order valence-electron chi connectivity index (χ4n) is 2.84. The van der Waals surface area contributed by atoms with Crippen molar-refractivity contribution < 1.29 is 14.3 Å². The molecule has 0 aliphatic carbocycles. The Morgan fingerprint density at radius 2 is 1.81 bits per heavy atom. The third-order valence-corrected chi connectivity index (χ3v) is 5.17. The standard InChI is InChI=1S/C25H21N3O3S/c1-18-27-21(17-32-18)16-30-24-4-2-3-19(15-24)5-10-25(29)28-20-6-8-22(9-7-20)31-23-11-13-26-14-12-23/h2-15,17H,16H2,1H3,(H,28,29)/b10-5+. The number of nitrogens with one attached hydrogen (secondary N) is 1. The Kier molecular flexibility index (Phi) is 6.89. The maximum atomic E-state index is 12.3. The number of aryl methyl sites for hydroxylation is 1. The number of benzene rings is 2. The molecule has 0 bridgehead atoms. The summed E-state index contributed by atoms with van der Waals surface area (Å²) in [5.74, 6) is 1.88. The zero-order chi connectivity index (χ0) is 22.2. The van der Waals surface area contributed by atoms with Crippen molar-refractivity contribution in [1.82, 2.24) is 9.97 Å². The third kappa shape index (κ3) is 6.26. The van der Waals surface area contributed by atoms with E-state index in [0.29, 0.717) is 23.8 Å². The number of pyridine rings is 1. The normalized spacial score (nSPS) is 10.8. The van der Waals surface area contributed by atoms with Gasteiger partial charge in [-0.3, -0.25) is 9.78 Å². The Morgan fingerprint density at radius 1 is 1.03 bits per heavy atom. The molecule has 0 unspecified atom stereocenters. The molecule has 160 valence electrons. The predicted molar refractivity (Wildman–Crippen MR) is 126 cm³/mol. The number of anilines is 1. The van der Waals surface area contributed by atoms with Gasteiger partial charge in [0.2, 0.25) is 5.91 Å². The van der Waals surface area contributed by atoms with E-state index in [0.717, 1.165) is 22.0 Å². The van der Waals surface area contributed by atoms with Gasteiger partial charge in [0.05, 0.1) is 10.7 Å². The maximum absolute atomic E-state index is 12.3. The van der Waals surface area contributed by atoms with E-state index in [1.807, 2.05) is 36.6 Å². The van der Waals surface area contributed by atoms with Crippen molar-refractivity contribution in [3.63, 3.8) is 0 Å². The van der Waals surface area contributed by atoms with Gasteiger partial charge in [-0.2, -0.15) is 0 Å². The van der Waals surface area contributed by atoms with Crippen molar-refractivity contribution in [2.24, 2.45) is 0 Å². The van der Waals surface area contributed by atoms with Crippen molar-refractivity contribution >= 4 is 29.0 Å². The third-order valence-electron chi connectivity index (χ3n) is 4.35. The number of aromatic nitrogens is 2. The summed E-state index contributed by atoms with van der Waals surface area (Å²) in [7, 11) is 0. The molecule has 0 saturated carbocycles. The lowest BCUT2D eigenvalue weighted by atomic mass is 10.2. The second-order valence-electron chi connectivity index (χ2n) is 6.85. The smallest absolute Gasteiger partial charge is 0.248 e. The maximum Gasteiger partial charge on any atom is 0.248 e. The molecule has 0 saturated heterocycles. The molecule has 2 aromatic carbocycles. The molecule has 0 fully saturated rings. The van der Waals surface area contributed by atoms with E-state index in [4.69, 9.17) is 9.47 Å². The number of carbonyl (C=O) groups excluding carboxylic acids is 1. The van der Waals surface area contributed by atoms with Gasteiger partial charge in [0, 0.05) is 29.5 Å². The quantitative estimate of drug-likeness (QED) is 0.345.